The van der Waals surface area contributed by atoms with E-state index in [1.165, 1.54) is 6.07 Å². The van der Waals surface area contributed by atoms with Crippen LogP contribution in [0, 0.1) is 11.7 Å². The molecule has 90 valence electrons. The lowest BCUT2D eigenvalue weighted by molar-refractivity contribution is 0.0215. The van der Waals surface area contributed by atoms with Crippen LogP contribution in [0.15, 0.2) is 30.0 Å². The van der Waals surface area contributed by atoms with E-state index >= 15 is 0 Å². The Kier molecular flexibility index (Phi) is 2.63. The highest BCUT2D eigenvalue weighted by Crippen LogP contribution is 2.35. The lowest BCUT2D eigenvalue weighted by atomic mass is 9.83. The molecule has 0 amide bonds. The SMILES string of the molecule is OC1C(=Cc2ccccc2F)N2CCC1CC2. The van der Waals surface area contributed by atoms with Gasteiger partial charge in [-0.15, -0.1) is 0 Å². The van der Waals surface area contributed by atoms with Crippen molar-refractivity contribution in [2.45, 2.75) is 18.9 Å². The quantitative estimate of drug-likeness (QED) is 0.804. The first-order valence-electron chi connectivity index (χ1n) is 6.15. The van der Waals surface area contributed by atoms with Gasteiger partial charge in [0.15, 0.2) is 0 Å². The summed E-state index contributed by atoms with van der Waals surface area (Å²) in [5.74, 6) is 0.132. The van der Waals surface area contributed by atoms with Gasteiger partial charge in [0.05, 0.1) is 6.10 Å². The summed E-state index contributed by atoms with van der Waals surface area (Å²) < 4.78 is 13.6. The molecule has 1 atom stereocenters. The first kappa shape index (κ1) is 10.8. The number of nitrogens with zero attached hydrogens (tertiary/aromatic N) is 1. The molecule has 1 aromatic carbocycles. The van der Waals surface area contributed by atoms with Crippen molar-refractivity contribution in [2.75, 3.05) is 13.1 Å². The maximum absolute atomic E-state index is 13.6. The molecule has 1 unspecified atom stereocenters. The van der Waals surface area contributed by atoms with Crippen molar-refractivity contribution >= 4 is 6.08 Å². The van der Waals surface area contributed by atoms with Gasteiger partial charge in [-0.05, 0) is 30.9 Å². The Morgan fingerprint density at radius 3 is 2.59 bits per heavy atom. The minimum atomic E-state index is -0.419. The van der Waals surface area contributed by atoms with Gasteiger partial charge in [0, 0.05) is 24.4 Å². The number of piperidine rings is 3. The Labute approximate surface area is 100 Å². The molecule has 3 heterocycles. The molecule has 0 saturated carbocycles. The molecule has 17 heavy (non-hydrogen) atoms. The largest absolute Gasteiger partial charge is 0.387 e. The average Bonchev–Trinajstić information content (AvgIpc) is 2.36. The molecular formula is C14H16FNO. The van der Waals surface area contributed by atoms with Crippen molar-refractivity contribution in [3.05, 3.63) is 41.3 Å². The van der Waals surface area contributed by atoms with Crippen molar-refractivity contribution in [1.82, 2.24) is 4.90 Å². The van der Waals surface area contributed by atoms with Gasteiger partial charge < -0.3 is 10.0 Å². The Bertz CT molecular complexity index is 445. The molecule has 1 N–H and O–H groups in total. The number of halogens is 1. The Morgan fingerprint density at radius 2 is 1.94 bits per heavy atom. The maximum atomic E-state index is 13.6. The molecule has 1 aromatic rings. The summed E-state index contributed by atoms with van der Waals surface area (Å²) in [6, 6.07) is 6.70. The van der Waals surface area contributed by atoms with E-state index in [0.717, 1.165) is 31.6 Å². The van der Waals surface area contributed by atoms with E-state index in [9.17, 15) is 9.50 Å². The normalized spacial score (nSPS) is 30.0. The van der Waals surface area contributed by atoms with E-state index in [4.69, 9.17) is 0 Å². The smallest absolute Gasteiger partial charge is 0.130 e. The highest BCUT2D eigenvalue weighted by Gasteiger charge is 2.36. The van der Waals surface area contributed by atoms with E-state index in [-0.39, 0.29) is 5.82 Å². The van der Waals surface area contributed by atoms with Crippen LogP contribution in [-0.4, -0.2) is 29.2 Å². The summed E-state index contributed by atoms with van der Waals surface area (Å²) in [5, 5.41) is 10.2. The fourth-order valence-electron chi connectivity index (χ4n) is 2.83. The van der Waals surface area contributed by atoms with Crippen LogP contribution in [-0.2, 0) is 0 Å². The summed E-state index contributed by atoms with van der Waals surface area (Å²) in [6.07, 6.45) is 3.48. The van der Waals surface area contributed by atoms with Crippen molar-refractivity contribution in [2.24, 2.45) is 5.92 Å². The average molecular weight is 233 g/mol. The molecule has 3 saturated heterocycles. The van der Waals surface area contributed by atoms with Gasteiger partial charge in [-0.2, -0.15) is 0 Å². The maximum Gasteiger partial charge on any atom is 0.130 e. The molecule has 2 bridgehead atoms. The van der Waals surface area contributed by atoms with Crippen molar-refractivity contribution in [3.8, 4) is 0 Å². The van der Waals surface area contributed by atoms with E-state index in [0.29, 0.717) is 11.5 Å². The third kappa shape index (κ3) is 1.84. The Hall–Kier alpha value is -1.35. The molecule has 3 fully saturated rings. The first-order chi connectivity index (χ1) is 8.25. The molecule has 3 aliphatic heterocycles. The van der Waals surface area contributed by atoms with Crippen LogP contribution in [0.2, 0.25) is 0 Å². The zero-order valence-corrected chi connectivity index (χ0v) is 9.64. The number of fused-ring (bicyclic) bond motifs is 3. The van der Waals surface area contributed by atoms with E-state index in [1.807, 2.05) is 6.07 Å². The predicted molar refractivity (Wildman–Crippen MR) is 64.7 cm³/mol. The molecule has 2 nitrogen and oxygen atoms in total. The van der Waals surface area contributed by atoms with Crippen LogP contribution in [0.5, 0.6) is 0 Å². The molecule has 0 spiro atoms. The summed E-state index contributed by atoms with van der Waals surface area (Å²) in [5.41, 5.74) is 1.45. The Morgan fingerprint density at radius 1 is 1.24 bits per heavy atom. The fourth-order valence-corrected chi connectivity index (χ4v) is 2.83. The number of hydrogen-bond acceptors (Lipinski definition) is 2. The van der Waals surface area contributed by atoms with Crippen LogP contribution >= 0.6 is 0 Å². The second kappa shape index (κ2) is 4.15. The summed E-state index contributed by atoms with van der Waals surface area (Å²) in [4.78, 5) is 2.18. The van der Waals surface area contributed by atoms with E-state index < -0.39 is 6.10 Å². The zero-order chi connectivity index (χ0) is 11.8. The van der Waals surface area contributed by atoms with Crippen molar-refractivity contribution < 1.29 is 9.50 Å². The van der Waals surface area contributed by atoms with Crippen LogP contribution in [0.3, 0.4) is 0 Å². The van der Waals surface area contributed by atoms with Gasteiger partial charge in [-0.3, -0.25) is 0 Å². The summed E-state index contributed by atoms with van der Waals surface area (Å²) in [6.45, 7) is 1.98. The van der Waals surface area contributed by atoms with Gasteiger partial charge in [0.2, 0.25) is 0 Å². The van der Waals surface area contributed by atoms with Crippen molar-refractivity contribution in [1.29, 1.82) is 0 Å². The number of rotatable bonds is 1. The van der Waals surface area contributed by atoms with Crippen LogP contribution < -0.4 is 0 Å². The standard InChI is InChI=1S/C14H16FNO/c15-12-4-2-1-3-11(12)9-13-14(17)10-5-7-16(13)8-6-10/h1-4,9-10,14,17H,5-8H2. The lowest BCUT2D eigenvalue weighted by Gasteiger charge is -2.45. The van der Waals surface area contributed by atoms with Crippen molar-refractivity contribution in [3.63, 3.8) is 0 Å². The molecule has 0 aromatic heterocycles. The van der Waals surface area contributed by atoms with Gasteiger partial charge >= 0.3 is 0 Å². The third-order valence-corrected chi connectivity index (χ3v) is 3.86. The summed E-state index contributed by atoms with van der Waals surface area (Å²) in [7, 11) is 0. The molecule has 0 aliphatic carbocycles. The second-order valence-electron chi connectivity index (χ2n) is 4.86. The van der Waals surface area contributed by atoms with Crippen LogP contribution in [0.1, 0.15) is 18.4 Å². The highest BCUT2D eigenvalue weighted by molar-refractivity contribution is 5.54. The predicted octanol–water partition coefficient (Wildman–Crippen LogP) is 2.25. The van der Waals surface area contributed by atoms with Crippen LogP contribution in [0.4, 0.5) is 4.39 Å². The van der Waals surface area contributed by atoms with Gasteiger partial charge in [0.25, 0.3) is 0 Å². The molecule has 3 aliphatic rings. The molecule has 3 heteroatoms. The number of benzene rings is 1. The number of hydrogen-bond donors (Lipinski definition) is 1. The zero-order valence-electron chi connectivity index (χ0n) is 9.64. The van der Waals surface area contributed by atoms with E-state index in [2.05, 4.69) is 4.90 Å². The van der Waals surface area contributed by atoms with Crippen LogP contribution in [0.25, 0.3) is 6.08 Å². The number of aliphatic hydroxyl groups excluding tert-OH is 1. The highest BCUT2D eigenvalue weighted by atomic mass is 19.1. The summed E-state index contributed by atoms with van der Waals surface area (Å²) >= 11 is 0. The minimum absolute atomic E-state index is 0.227. The molecule has 0 radical (unpaired) electrons. The van der Waals surface area contributed by atoms with Gasteiger partial charge in [-0.25, -0.2) is 4.39 Å². The third-order valence-electron chi connectivity index (χ3n) is 3.86. The lowest BCUT2D eigenvalue weighted by Crippen LogP contribution is -2.48. The second-order valence-corrected chi connectivity index (χ2v) is 4.86. The van der Waals surface area contributed by atoms with Gasteiger partial charge in [0.1, 0.15) is 5.82 Å². The fraction of sp³-hybridized carbons (Fsp3) is 0.429. The monoisotopic (exact) mass is 233 g/mol. The first-order valence-corrected chi connectivity index (χ1v) is 6.15. The Balaban J connectivity index is 1.96. The topological polar surface area (TPSA) is 23.5 Å². The van der Waals surface area contributed by atoms with E-state index in [1.54, 1.807) is 18.2 Å². The molecular weight excluding hydrogens is 217 g/mol. The molecule has 4 rings (SSSR count). The number of aliphatic hydroxyl groups is 1. The minimum Gasteiger partial charge on any atom is -0.387 e. The van der Waals surface area contributed by atoms with Gasteiger partial charge in [-0.1, -0.05) is 18.2 Å².